The van der Waals surface area contributed by atoms with Crippen LogP contribution in [-0.4, -0.2) is 22.4 Å². The number of anilines is 3. The molecule has 1 aliphatic rings. The summed E-state index contributed by atoms with van der Waals surface area (Å²) < 4.78 is 55.6. The Morgan fingerprint density at radius 3 is 2.50 bits per heavy atom. The molecule has 2 N–H and O–H groups in total. The van der Waals surface area contributed by atoms with Gasteiger partial charge in [0.25, 0.3) is 0 Å². The van der Waals surface area contributed by atoms with E-state index in [0.717, 1.165) is 25.7 Å². The molecular formula is C23H22F4N4O. The van der Waals surface area contributed by atoms with Crippen LogP contribution in [-0.2, 0) is 0 Å². The molecule has 168 valence electrons. The normalized spacial score (nSPS) is 14.4. The molecule has 0 spiro atoms. The van der Waals surface area contributed by atoms with Gasteiger partial charge in [0.1, 0.15) is 17.4 Å². The quantitative estimate of drug-likeness (QED) is 0.419. The van der Waals surface area contributed by atoms with Crippen LogP contribution in [0.3, 0.4) is 0 Å². The number of ether oxygens (including phenoxy) is 1. The molecule has 0 aliphatic heterocycles. The first-order valence-corrected chi connectivity index (χ1v) is 10.3. The van der Waals surface area contributed by atoms with E-state index in [-0.39, 0.29) is 17.6 Å². The molecule has 1 aromatic heterocycles. The van der Waals surface area contributed by atoms with Crippen LogP contribution in [0.1, 0.15) is 31.2 Å². The number of hydrogen-bond donors (Lipinski definition) is 2. The maximum absolute atomic E-state index is 13.6. The number of benzene rings is 2. The fourth-order valence-corrected chi connectivity index (χ4v) is 3.70. The van der Waals surface area contributed by atoms with Crippen LogP contribution in [0.15, 0.2) is 48.5 Å². The highest BCUT2D eigenvalue weighted by Crippen LogP contribution is 2.30. The van der Waals surface area contributed by atoms with Crippen molar-refractivity contribution in [3.05, 3.63) is 59.9 Å². The van der Waals surface area contributed by atoms with Crippen LogP contribution in [0.2, 0.25) is 0 Å². The Kier molecular flexibility index (Phi) is 6.16. The molecule has 0 saturated heterocycles. The van der Waals surface area contributed by atoms with Gasteiger partial charge in [0.15, 0.2) is 0 Å². The zero-order chi connectivity index (χ0) is 22.7. The van der Waals surface area contributed by atoms with Gasteiger partial charge in [-0.25, -0.2) is 9.37 Å². The van der Waals surface area contributed by atoms with Crippen LogP contribution in [0, 0.1) is 12.7 Å². The molecule has 0 bridgehead atoms. The lowest BCUT2D eigenvalue weighted by molar-refractivity contribution is -0.274. The highest BCUT2D eigenvalue weighted by molar-refractivity contribution is 5.68. The number of aryl methyl sites for hydroxylation is 1. The maximum atomic E-state index is 13.6. The Bertz CT molecular complexity index is 1100. The Morgan fingerprint density at radius 2 is 1.78 bits per heavy atom. The van der Waals surface area contributed by atoms with Gasteiger partial charge in [-0.05, 0) is 55.7 Å². The molecule has 0 amide bonds. The van der Waals surface area contributed by atoms with Gasteiger partial charge >= 0.3 is 6.36 Å². The van der Waals surface area contributed by atoms with Crippen LogP contribution >= 0.6 is 0 Å². The van der Waals surface area contributed by atoms with Gasteiger partial charge in [0, 0.05) is 23.4 Å². The van der Waals surface area contributed by atoms with E-state index in [9.17, 15) is 17.6 Å². The number of halogens is 4. The second-order valence-electron chi connectivity index (χ2n) is 7.75. The highest BCUT2D eigenvalue weighted by atomic mass is 19.4. The first-order chi connectivity index (χ1) is 15.2. The summed E-state index contributed by atoms with van der Waals surface area (Å²) in [6.07, 6.45) is -0.542. The van der Waals surface area contributed by atoms with E-state index in [0.29, 0.717) is 34.3 Å². The number of rotatable bonds is 6. The van der Waals surface area contributed by atoms with E-state index in [4.69, 9.17) is 0 Å². The summed E-state index contributed by atoms with van der Waals surface area (Å²) in [7, 11) is 0. The summed E-state index contributed by atoms with van der Waals surface area (Å²) in [5.74, 6) is 0.160. The van der Waals surface area contributed by atoms with Crippen LogP contribution in [0.4, 0.5) is 35.0 Å². The molecule has 3 aromatic rings. The van der Waals surface area contributed by atoms with Crippen molar-refractivity contribution >= 4 is 17.5 Å². The summed E-state index contributed by atoms with van der Waals surface area (Å²) in [6.45, 7) is 1.66. The van der Waals surface area contributed by atoms with Crippen molar-refractivity contribution in [3.63, 3.8) is 0 Å². The third-order valence-electron chi connectivity index (χ3n) is 5.21. The van der Waals surface area contributed by atoms with Gasteiger partial charge in [-0.1, -0.05) is 25.0 Å². The summed E-state index contributed by atoms with van der Waals surface area (Å²) in [5.41, 5.74) is 1.98. The lowest BCUT2D eigenvalue weighted by Gasteiger charge is -2.16. The first-order valence-electron chi connectivity index (χ1n) is 10.3. The van der Waals surface area contributed by atoms with Crippen LogP contribution in [0.25, 0.3) is 11.3 Å². The highest BCUT2D eigenvalue weighted by Gasteiger charge is 2.31. The van der Waals surface area contributed by atoms with Gasteiger partial charge in [-0.2, -0.15) is 4.98 Å². The molecular weight excluding hydrogens is 424 g/mol. The SMILES string of the molecule is Cc1cc(Nc2cc(-c3cccc(OC(F)(F)F)c3)nc(NC3CCCC3)n2)ccc1F. The molecule has 5 nitrogen and oxygen atoms in total. The predicted octanol–water partition coefficient (Wildman–Crippen LogP) is 6.59. The molecule has 1 fully saturated rings. The number of alkyl halides is 3. The summed E-state index contributed by atoms with van der Waals surface area (Å²) in [6, 6.07) is 12.1. The smallest absolute Gasteiger partial charge is 0.406 e. The molecule has 0 radical (unpaired) electrons. The van der Waals surface area contributed by atoms with Crippen molar-refractivity contribution in [2.24, 2.45) is 0 Å². The van der Waals surface area contributed by atoms with E-state index in [2.05, 4.69) is 25.3 Å². The second-order valence-corrected chi connectivity index (χ2v) is 7.75. The molecule has 9 heteroatoms. The Balaban J connectivity index is 1.68. The Hall–Kier alpha value is -3.36. The minimum absolute atomic E-state index is 0.242. The van der Waals surface area contributed by atoms with Crippen molar-refractivity contribution in [2.75, 3.05) is 10.6 Å². The summed E-state index contributed by atoms with van der Waals surface area (Å²) in [4.78, 5) is 9.03. The molecule has 1 aliphatic carbocycles. The van der Waals surface area contributed by atoms with E-state index in [1.165, 1.54) is 24.3 Å². The van der Waals surface area contributed by atoms with E-state index in [1.807, 2.05) is 0 Å². The van der Waals surface area contributed by atoms with Crippen molar-refractivity contribution in [1.29, 1.82) is 0 Å². The minimum atomic E-state index is -4.79. The van der Waals surface area contributed by atoms with Crippen LogP contribution < -0.4 is 15.4 Å². The van der Waals surface area contributed by atoms with Crippen LogP contribution in [0.5, 0.6) is 5.75 Å². The summed E-state index contributed by atoms with van der Waals surface area (Å²) in [5, 5.41) is 6.45. The van der Waals surface area contributed by atoms with Gasteiger partial charge in [0.05, 0.1) is 5.69 Å². The number of aromatic nitrogens is 2. The average molecular weight is 446 g/mol. The second kappa shape index (κ2) is 9.02. The molecule has 1 heterocycles. The molecule has 1 saturated carbocycles. The molecule has 0 unspecified atom stereocenters. The monoisotopic (exact) mass is 446 g/mol. The van der Waals surface area contributed by atoms with Crippen molar-refractivity contribution in [1.82, 2.24) is 9.97 Å². The van der Waals surface area contributed by atoms with Gasteiger partial charge in [-0.15, -0.1) is 13.2 Å². The van der Waals surface area contributed by atoms with Gasteiger partial charge < -0.3 is 15.4 Å². The van der Waals surface area contributed by atoms with Crippen molar-refractivity contribution in [3.8, 4) is 17.0 Å². The number of nitrogens with one attached hydrogen (secondary N) is 2. The largest absolute Gasteiger partial charge is 0.573 e. The molecule has 32 heavy (non-hydrogen) atoms. The fourth-order valence-electron chi connectivity index (χ4n) is 3.70. The lowest BCUT2D eigenvalue weighted by Crippen LogP contribution is -2.17. The zero-order valence-electron chi connectivity index (χ0n) is 17.3. The molecule has 2 aromatic carbocycles. The van der Waals surface area contributed by atoms with Crippen molar-refractivity contribution in [2.45, 2.75) is 45.0 Å². The minimum Gasteiger partial charge on any atom is -0.406 e. The van der Waals surface area contributed by atoms with Gasteiger partial charge in [-0.3, -0.25) is 0 Å². The first kappa shape index (κ1) is 21.9. The van der Waals surface area contributed by atoms with E-state index in [1.54, 1.807) is 31.2 Å². The standard InChI is InChI=1S/C23H22F4N4O/c1-14-11-17(9-10-19(14)24)28-21-13-20(30-22(31-21)29-16-6-2-3-7-16)15-5-4-8-18(12-15)32-23(25,26)27/h4-5,8-13,16H,2-3,6-7H2,1H3,(H2,28,29,30,31). The third-order valence-corrected chi connectivity index (χ3v) is 5.21. The Labute approximate surface area is 182 Å². The average Bonchev–Trinajstić information content (AvgIpc) is 3.22. The lowest BCUT2D eigenvalue weighted by atomic mass is 10.1. The topological polar surface area (TPSA) is 59.1 Å². The third kappa shape index (κ3) is 5.66. The van der Waals surface area contributed by atoms with E-state index < -0.39 is 6.36 Å². The number of hydrogen-bond acceptors (Lipinski definition) is 5. The zero-order valence-corrected chi connectivity index (χ0v) is 17.3. The van der Waals surface area contributed by atoms with E-state index >= 15 is 0 Å². The van der Waals surface area contributed by atoms with Gasteiger partial charge in [0.2, 0.25) is 5.95 Å². The number of nitrogens with zero attached hydrogens (tertiary/aromatic N) is 2. The Morgan fingerprint density at radius 1 is 1.00 bits per heavy atom. The molecule has 4 rings (SSSR count). The predicted molar refractivity (Wildman–Crippen MR) is 114 cm³/mol. The van der Waals surface area contributed by atoms with Crippen molar-refractivity contribution < 1.29 is 22.3 Å². The maximum Gasteiger partial charge on any atom is 0.573 e. The molecule has 0 atom stereocenters. The fraction of sp³-hybridized carbons (Fsp3) is 0.304. The summed E-state index contributed by atoms with van der Waals surface area (Å²) >= 11 is 0.